The van der Waals surface area contributed by atoms with Crippen molar-refractivity contribution < 1.29 is 14.7 Å². The van der Waals surface area contributed by atoms with E-state index in [2.05, 4.69) is 0 Å². The molecule has 0 radical (unpaired) electrons. The van der Waals surface area contributed by atoms with Gasteiger partial charge in [-0.2, -0.15) is 0 Å². The Morgan fingerprint density at radius 1 is 1.10 bits per heavy atom. The summed E-state index contributed by atoms with van der Waals surface area (Å²) in [6.07, 6.45) is 1.40. The first-order valence-electron chi connectivity index (χ1n) is 7.16. The molecule has 1 aliphatic heterocycles. The van der Waals surface area contributed by atoms with E-state index in [4.69, 9.17) is 5.11 Å². The van der Waals surface area contributed by atoms with E-state index in [-0.39, 0.29) is 5.91 Å². The van der Waals surface area contributed by atoms with Crippen LogP contribution in [0.25, 0.3) is 10.8 Å². The van der Waals surface area contributed by atoms with Gasteiger partial charge in [-0.3, -0.25) is 9.59 Å². The Morgan fingerprint density at radius 2 is 1.86 bits per heavy atom. The molecular weight excluding hydrogens is 266 g/mol. The highest BCUT2D eigenvalue weighted by Crippen LogP contribution is 2.21. The van der Waals surface area contributed by atoms with E-state index in [0.717, 1.165) is 17.2 Å². The Balaban J connectivity index is 1.84. The smallest absolute Gasteiger partial charge is 0.308 e. The highest BCUT2D eigenvalue weighted by Gasteiger charge is 2.28. The van der Waals surface area contributed by atoms with Gasteiger partial charge in [-0.05, 0) is 35.7 Å². The molecule has 0 aromatic heterocycles. The van der Waals surface area contributed by atoms with E-state index >= 15 is 0 Å². The summed E-state index contributed by atoms with van der Waals surface area (Å²) in [5.41, 5.74) is 0.625. The van der Waals surface area contributed by atoms with E-state index in [1.807, 2.05) is 42.5 Å². The maximum Gasteiger partial charge on any atom is 0.308 e. The van der Waals surface area contributed by atoms with Crippen LogP contribution < -0.4 is 0 Å². The molecule has 0 spiro atoms. The topological polar surface area (TPSA) is 57.6 Å². The SMILES string of the molecule is O=C(O)C1CCCN(C(=O)c2ccc3ccccc3c2)C1. The molecular formula is C17H17NO3. The van der Waals surface area contributed by atoms with Gasteiger partial charge in [0.15, 0.2) is 0 Å². The maximum absolute atomic E-state index is 12.5. The van der Waals surface area contributed by atoms with Crippen molar-refractivity contribution >= 4 is 22.6 Å². The van der Waals surface area contributed by atoms with Crippen LogP contribution in [-0.2, 0) is 4.79 Å². The van der Waals surface area contributed by atoms with Crippen molar-refractivity contribution in [1.82, 2.24) is 4.90 Å². The highest BCUT2D eigenvalue weighted by molar-refractivity contribution is 5.98. The van der Waals surface area contributed by atoms with Crippen molar-refractivity contribution in [2.75, 3.05) is 13.1 Å². The van der Waals surface area contributed by atoms with Crippen LogP contribution in [-0.4, -0.2) is 35.0 Å². The van der Waals surface area contributed by atoms with E-state index in [1.54, 1.807) is 4.90 Å². The number of amides is 1. The number of carboxylic acids is 1. The molecule has 1 fully saturated rings. The van der Waals surface area contributed by atoms with Crippen LogP contribution in [0.1, 0.15) is 23.2 Å². The molecule has 0 aliphatic carbocycles. The van der Waals surface area contributed by atoms with Crippen LogP contribution in [0.5, 0.6) is 0 Å². The lowest BCUT2D eigenvalue weighted by Crippen LogP contribution is -2.42. The number of likely N-dealkylation sites (tertiary alicyclic amines) is 1. The van der Waals surface area contributed by atoms with Gasteiger partial charge in [-0.25, -0.2) is 0 Å². The number of piperidine rings is 1. The van der Waals surface area contributed by atoms with Gasteiger partial charge >= 0.3 is 5.97 Å². The summed E-state index contributed by atoms with van der Waals surface area (Å²) in [4.78, 5) is 25.3. The Bertz CT molecular complexity index is 695. The molecule has 0 saturated carbocycles. The Hall–Kier alpha value is -2.36. The fourth-order valence-corrected chi connectivity index (χ4v) is 2.87. The van der Waals surface area contributed by atoms with Crippen LogP contribution in [0.4, 0.5) is 0 Å². The standard InChI is InChI=1S/C17H17NO3/c19-16(18-9-3-6-15(11-18)17(20)21)14-8-7-12-4-1-2-5-13(12)10-14/h1-2,4-5,7-8,10,15H,3,6,9,11H2,(H,20,21). The molecule has 1 heterocycles. The van der Waals surface area contributed by atoms with Crippen LogP contribution in [0, 0.1) is 5.92 Å². The van der Waals surface area contributed by atoms with Crippen molar-refractivity contribution in [3.8, 4) is 0 Å². The summed E-state index contributed by atoms with van der Waals surface area (Å²) >= 11 is 0. The quantitative estimate of drug-likeness (QED) is 0.922. The third-order valence-corrected chi connectivity index (χ3v) is 4.05. The number of fused-ring (bicyclic) bond motifs is 1. The van der Waals surface area contributed by atoms with Crippen molar-refractivity contribution in [3.63, 3.8) is 0 Å². The first-order valence-corrected chi connectivity index (χ1v) is 7.16. The molecule has 1 amide bonds. The summed E-state index contributed by atoms with van der Waals surface area (Å²) in [6.45, 7) is 0.941. The van der Waals surface area contributed by atoms with Gasteiger partial charge in [0.2, 0.25) is 0 Å². The molecule has 2 aromatic rings. The zero-order valence-electron chi connectivity index (χ0n) is 11.7. The lowest BCUT2D eigenvalue weighted by molar-refractivity contribution is -0.143. The van der Waals surface area contributed by atoms with Gasteiger partial charge in [0.1, 0.15) is 0 Å². The van der Waals surface area contributed by atoms with Gasteiger partial charge in [0.05, 0.1) is 5.92 Å². The zero-order chi connectivity index (χ0) is 14.8. The van der Waals surface area contributed by atoms with Gasteiger partial charge in [-0.15, -0.1) is 0 Å². The second-order valence-corrected chi connectivity index (χ2v) is 5.49. The molecule has 0 bridgehead atoms. The monoisotopic (exact) mass is 283 g/mol. The Morgan fingerprint density at radius 3 is 2.62 bits per heavy atom. The summed E-state index contributed by atoms with van der Waals surface area (Å²) in [5.74, 6) is -1.33. The summed E-state index contributed by atoms with van der Waals surface area (Å²) in [6, 6.07) is 13.5. The molecule has 21 heavy (non-hydrogen) atoms. The predicted molar refractivity (Wildman–Crippen MR) is 80.2 cm³/mol. The fourth-order valence-electron chi connectivity index (χ4n) is 2.87. The summed E-state index contributed by atoms with van der Waals surface area (Å²) < 4.78 is 0. The first-order chi connectivity index (χ1) is 10.1. The zero-order valence-corrected chi connectivity index (χ0v) is 11.7. The number of nitrogens with zero attached hydrogens (tertiary/aromatic N) is 1. The minimum Gasteiger partial charge on any atom is -0.481 e. The molecule has 1 unspecified atom stereocenters. The molecule has 4 heteroatoms. The van der Waals surface area contributed by atoms with E-state index in [0.29, 0.717) is 25.1 Å². The number of carboxylic acid groups (broad SMARTS) is 1. The third kappa shape index (κ3) is 2.75. The number of hydrogen-bond donors (Lipinski definition) is 1. The molecule has 2 aromatic carbocycles. The number of rotatable bonds is 2. The van der Waals surface area contributed by atoms with Gasteiger partial charge in [0, 0.05) is 18.7 Å². The number of aliphatic carboxylic acids is 1. The van der Waals surface area contributed by atoms with Gasteiger partial charge in [-0.1, -0.05) is 30.3 Å². The van der Waals surface area contributed by atoms with Crippen LogP contribution >= 0.6 is 0 Å². The maximum atomic E-state index is 12.5. The fraction of sp³-hybridized carbons (Fsp3) is 0.294. The molecule has 1 saturated heterocycles. The van der Waals surface area contributed by atoms with Crippen LogP contribution in [0.3, 0.4) is 0 Å². The Labute approximate surface area is 123 Å². The van der Waals surface area contributed by atoms with Gasteiger partial charge < -0.3 is 10.0 Å². The van der Waals surface area contributed by atoms with Crippen molar-refractivity contribution in [2.45, 2.75) is 12.8 Å². The molecule has 1 aliphatic rings. The normalized spacial score (nSPS) is 18.7. The van der Waals surface area contributed by atoms with E-state index in [9.17, 15) is 9.59 Å². The van der Waals surface area contributed by atoms with Crippen molar-refractivity contribution in [3.05, 3.63) is 48.0 Å². The van der Waals surface area contributed by atoms with Gasteiger partial charge in [0.25, 0.3) is 5.91 Å². The second-order valence-electron chi connectivity index (χ2n) is 5.49. The molecule has 4 nitrogen and oxygen atoms in total. The number of hydrogen-bond acceptors (Lipinski definition) is 2. The second kappa shape index (κ2) is 5.56. The number of carbonyl (C=O) groups is 2. The molecule has 1 atom stereocenters. The van der Waals surface area contributed by atoms with Crippen LogP contribution in [0.2, 0.25) is 0 Å². The van der Waals surface area contributed by atoms with E-state index < -0.39 is 11.9 Å². The minimum absolute atomic E-state index is 0.0771. The number of carbonyl (C=O) groups excluding carboxylic acids is 1. The van der Waals surface area contributed by atoms with E-state index in [1.165, 1.54) is 0 Å². The summed E-state index contributed by atoms with van der Waals surface area (Å²) in [7, 11) is 0. The molecule has 1 N–H and O–H groups in total. The van der Waals surface area contributed by atoms with Crippen molar-refractivity contribution in [2.24, 2.45) is 5.92 Å². The minimum atomic E-state index is -0.814. The third-order valence-electron chi connectivity index (χ3n) is 4.05. The summed E-state index contributed by atoms with van der Waals surface area (Å²) in [5, 5.41) is 11.2. The molecule has 3 rings (SSSR count). The lowest BCUT2D eigenvalue weighted by atomic mass is 9.97. The largest absolute Gasteiger partial charge is 0.481 e. The average molecular weight is 283 g/mol. The lowest BCUT2D eigenvalue weighted by Gasteiger charge is -2.30. The van der Waals surface area contributed by atoms with Crippen molar-refractivity contribution in [1.29, 1.82) is 0 Å². The first kappa shape index (κ1) is 13.6. The number of benzene rings is 2. The highest BCUT2D eigenvalue weighted by atomic mass is 16.4. The predicted octanol–water partition coefficient (Wildman–Crippen LogP) is 2.78. The Kier molecular flexibility index (Phi) is 3.60. The van der Waals surface area contributed by atoms with Crippen LogP contribution in [0.15, 0.2) is 42.5 Å². The average Bonchev–Trinajstić information content (AvgIpc) is 2.53. The molecule has 108 valence electrons.